The maximum atomic E-state index is 12.3. The Bertz CT molecular complexity index is 616. The summed E-state index contributed by atoms with van der Waals surface area (Å²) in [6.45, 7) is 14.8. The highest BCUT2D eigenvalue weighted by Gasteiger charge is 2.47. The highest BCUT2D eigenvalue weighted by Crippen LogP contribution is 2.44. The molecule has 0 radical (unpaired) electrons. The lowest BCUT2D eigenvalue weighted by atomic mass is 9.71. The Morgan fingerprint density at radius 3 is 2.54 bits per heavy atom. The van der Waals surface area contributed by atoms with Crippen molar-refractivity contribution in [2.75, 3.05) is 7.11 Å². The van der Waals surface area contributed by atoms with E-state index in [-0.39, 0.29) is 16.7 Å². The van der Waals surface area contributed by atoms with E-state index in [0.29, 0.717) is 18.6 Å². The third-order valence-electron chi connectivity index (χ3n) is 6.15. The van der Waals surface area contributed by atoms with Crippen molar-refractivity contribution < 1.29 is 23.8 Å². The van der Waals surface area contributed by atoms with Crippen molar-refractivity contribution in [3.05, 3.63) is 23.5 Å². The van der Waals surface area contributed by atoms with Gasteiger partial charge in [0.15, 0.2) is 14.4 Å². The Morgan fingerprint density at radius 2 is 2.00 bits per heavy atom. The van der Waals surface area contributed by atoms with E-state index in [0.717, 1.165) is 0 Å². The van der Waals surface area contributed by atoms with Gasteiger partial charge in [-0.3, -0.25) is 0 Å². The van der Waals surface area contributed by atoms with Crippen LogP contribution in [0.4, 0.5) is 0 Å². The smallest absolute Gasteiger partial charge is 0.340 e. The average molecular weight is 383 g/mol. The topological polar surface area (TPSA) is 65.0 Å². The molecule has 2 rings (SSSR count). The van der Waals surface area contributed by atoms with Gasteiger partial charge in [-0.1, -0.05) is 39.8 Å². The standard InChI is InChI=1S/C20H34O5Si/c1-13-16(23-6)15(18(22)24-13)17(21)20(5)11-9-10-14(12-20)25-26(7,8)19(2,3)4/h9-10,13-14,17,21H,11-12H2,1-8H3/t13?,14-,17?,20+/m1/s1. The molecule has 0 amide bonds. The van der Waals surface area contributed by atoms with Crippen LogP contribution in [0.1, 0.15) is 47.5 Å². The molecular weight excluding hydrogens is 348 g/mol. The SMILES string of the molecule is COC1=C(C(O)[C@@]2(C)CC=C[C@@H](O[Si](C)(C)C(C)(C)C)C2)C(=O)OC1C. The fourth-order valence-corrected chi connectivity index (χ4v) is 4.70. The second-order valence-electron chi connectivity index (χ2n) is 9.34. The van der Waals surface area contributed by atoms with E-state index >= 15 is 0 Å². The van der Waals surface area contributed by atoms with Gasteiger partial charge in [0.2, 0.25) is 0 Å². The number of aliphatic hydroxyl groups is 1. The van der Waals surface area contributed by atoms with E-state index < -0.39 is 31.9 Å². The number of rotatable bonds is 5. The summed E-state index contributed by atoms with van der Waals surface area (Å²) in [6.07, 6.45) is 4.00. The Morgan fingerprint density at radius 1 is 1.38 bits per heavy atom. The molecule has 1 heterocycles. The summed E-state index contributed by atoms with van der Waals surface area (Å²) in [7, 11) is -0.420. The molecule has 0 aromatic rings. The van der Waals surface area contributed by atoms with Gasteiger partial charge in [0.1, 0.15) is 11.3 Å². The number of ether oxygens (including phenoxy) is 2. The zero-order chi connectivity index (χ0) is 19.9. The van der Waals surface area contributed by atoms with E-state index in [1.165, 1.54) is 7.11 Å². The first-order valence-electron chi connectivity index (χ1n) is 9.34. The number of hydrogen-bond acceptors (Lipinski definition) is 5. The van der Waals surface area contributed by atoms with Gasteiger partial charge in [0, 0.05) is 5.41 Å². The largest absolute Gasteiger partial charge is 0.496 e. The van der Waals surface area contributed by atoms with Crippen molar-refractivity contribution in [2.24, 2.45) is 5.41 Å². The molecule has 148 valence electrons. The number of methoxy groups -OCH3 is 1. The number of cyclic esters (lactones) is 1. The van der Waals surface area contributed by atoms with Crippen molar-refractivity contribution in [3.8, 4) is 0 Å². The quantitative estimate of drug-likeness (QED) is 0.443. The van der Waals surface area contributed by atoms with Crippen LogP contribution in [0.5, 0.6) is 0 Å². The van der Waals surface area contributed by atoms with Gasteiger partial charge in [-0.15, -0.1) is 0 Å². The molecule has 0 saturated carbocycles. The molecule has 0 bridgehead atoms. The minimum absolute atomic E-state index is 0.0641. The molecule has 6 heteroatoms. The zero-order valence-electron chi connectivity index (χ0n) is 17.4. The van der Waals surface area contributed by atoms with Crippen LogP contribution >= 0.6 is 0 Å². The maximum Gasteiger partial charge on any atom is 0.340 e. The van der Waals surface area contributed by atoms with Gasteiger partial charge < -0.3 is 19.0 Å². The fourth-order valence-electron chi connectivity index (χ4n) is 3.43. The lowest BCUT2D eigenvalue weighted by Crippen LogP contribution is -2.47. The van der Waals surface area contributed by atoms with Crippen molar-refractivity contribution >= 4 is 14.3 Å². The summed E-state index contributed by atoms with van der Waals surface area (Å²) < 4.78 is 17.1. The molecule has 0 aromatic carbocycles. The minimum Gasteiger partial charge on any atom is -0.496 e. The van der Waals surface area contributed by atoms with Crippen molar-refractivity contribution in [2.45, 2.75) is 83.9 Å². The summed E-state index contributed by atoms with van der Waals surface area (Å²) in [5.41, 5.74) is -0.256. The Kier molecular flexibility index (Phi) is 5.81. The van der Waals surface area contributed by atoms with Crippen LogP contribution in [0.15, 0.2) is 23.5 Å². The van der Waals surface area contributed by atoms with Crippen LogP contribution in [0.3, 0.4) is 0 Å². The summed E-state index contributed by atoms with van der Waals surface area (Å²) >= 11 is 0. The van der Waals surface area contributed by atoms with Crippen molar-refractivity contribution in [1.82, 2.24) is 0 Å². The van der Waals surface area contributed by atoms with Gasteiger partial charge in [0.25, 0.3) is 0 Å². The first kappa shape index (κ1) is 21.2. The van der Waals surface area contributed by atoms with Gasteiger partial charge in [-0.25, -0.2) is 4.79 Å². The Labute approximate surface area is 158 Å². The van der Waals surface area contributed by atoms with Crippen LogP contribution in [-0.4, -0.2) is 44.8 Å². The normalized spacial score (nSPS) is 31.2. The number of carbonyl (C=O) groups excluding carboxylic acids is 1. The predicted molar refractivity (Wildman–Crippen MR) is 104 cm³/mol. The zero-order valence-corrected chi connectivity index (χ0v) is 18.4. The van der Waals surface area contributed by atoms with Gasteiger partial charge in [-0.2, -0.15) is 0 Å². The van der Waals surface area contributed by atoms with Gasteiger partial charge >= 0.3 is 5.97 Å². The minimum atomic E-state index is -1.93. The van der Waals surface area contributed by atoms with E-state index in [2.05, 4.69) is 46.0 Å². The molecule has 2 unspecified atom stereocenters. The third kappa shape index (κ3) is 3.92. The maximum absolute atomic E-state index is 12.3. The number of esters is 1. The Balaban J connectivity index is 2.24. The second-order valence-corrected chi connectivity index (χ2v) is 14.1. The van der Waals surface area contributed by atoms with Crippen LogP contribution in [0.25, 0.3) is 0 Å². The summed E-state index contributed by atoms with van der Waals surface area (Å²) in [6, 6.07) is 0. The van der Waals surface area contributed by atoms with Crippen LogP contribution in [0.2, 0.25) is 18.1 Å². The van der Waals surface area contributed by atoms with Crippen LogP contribution < -0.4 is 0 Å². The highest BCUT2D eigenvalue weighted by atomic mass is 28.4. The molecule has 1 aliphatic heterocycles. The third-order valence-corrected chi connectivity index (χ3v) is 10.7. The molecule has 26 heavy (non-hydrogen) atoms. The number of allylic oxidation sites excluding steroid dienone is 1. The predicted octanol–water partition coefficient (Wildman–Crippen LogP) is 3.94. The number of carbonyl (C=O) groups is 1. The summed E-state index contributed by atoms with van der Waals surface area (Å²) in [4.78, 5) is 12.3. The molecule has 0 aromatic heterocycles. The lowest BCUT2D eigenvalue weighted by molar-refractivity contribution is -0.141. The molecule has 2 aliphatic rings. The molecular formula is C20H34O5Si. The molecule has 1 aliphatic carbocycles. The molecule has 5 nitrogen and oxygen atoms in total. The van der Waals surface area contributed by atoms with Crippen molar-refractivity contribution in [3.63, 3.8) is 0 Å². The van der Waals surface area contributed by atoms with Crippen molar-refractivity contribution in [1.29, 1.82) is 0 Å². The number of aliphatic hydroxyl groups excluding tert-OH is 1. The molecule has 4 atom stereocenters. The monoisotopic (exact) mass is 382 g/mol. The van der Waals surface area contributed by atoms with E-state index in [9.17, 15) is 9.90 Å². The number of hydrogen-bond donors (Lipinski definition) is 1. The molecule has 0 saturated heterocycles. The average Bonchev–Trinajstić information content (AvgIpc) is 2.78. The molecule has 0 fully saturated rings. The van der Waals surface area contributed by atoms with Gasteiger partial charge in [0.05, 0.1) is 19.3 Å². The molecule has 1 N–H and O–H groups in total. The second kappa shape index (κ2) is 7.13. The lowest BCUT2D eigenvalue weighted by Gasteiger charge is -2.44. The molecule has 0 spiro atoms. The summed E-state index contributed by atoms with van der Waals surface area (Å²) in [5.74, 6) is -0.0559. The first-order chi connectivity index (χ1) is 11.8. The van der Waals surface area contributed by atoms with Crippen LogP contribution in [-0.2, 0) is 18.7 Å². The van der Waals surface area contributed by atoms with E-state index in [1.807, 2.05) is 6.92 Å². The Hall–Kier alpha value is -1.11. The summed E-state index contributed by atoms with van der Waals surface area (Å²) in [5, 5.41) is 11.2. The first-order valence-corrected chi connectivity index (χ1v) is 12.2. The highest BCUT2D eigenvalue weighted by molar-refractivity contribution is 6.74. The van der Waals surface area contributed by atoms with E-state index in [1.54, 1.807) is 6.92 Å². The van der Waals surface area contributed by atoms with Gasteiger partial charge in [-0.05, 0) is 37.9 Å². The van der Waals surface area contributed by atoms with E-state index in [4.69, 9.17) is 13.9 Å². The van der Waals surface area contributed by atoms with Crippen LogP contribution in [0, 0.1) is 5.41 Å². The fraction of sp³-hybridized carbons (Fsp3) is 0.750.